The molecular formula is C15H14BrN3OS. The third-order valence-electron chi connectivity index (χ3n) is 3.15. The summed E-state index contributed by atoms with van der Waals surface area (Å²) in [4.78, 5) is 3.08. The zero-order valence-electron chi connectivity index (χ0n) is 11.7. The number of nitrogens with zero attached hydrogens (tertiary/aromatic N) is 3. The first kappa shape index (κ1) is 14.3. The van der Waals surface area contributed by atoms with Crippen LogP contribution >= 0.6 is 27.3 Å². The van der Waals surface area contributed by atoms with E-state index in [-0.39, 0.29) is 0 Å². The monoisotopic (exact) mass is 363 g/mol. The summed E-state index contributed by atoms with van der Waals surface area (Å²) in [5, 5.41) is 10.2. The Bertz CT molecular complexity index is 739. The van der Waals surface area contributed by atoms with Gasteiger partial charge in [-0.05, 0) is 42.1 Å². The molecule has 6 heteroatoms. The van der Waals surface area contributed by atoms with Crippen LogP contribution in [-0.4, -0.2) is 17.2 Å². The molecule has 21 heavy (non-hydrogen) atoms. The Labute approximate surface area is 135 Å². The maximum absolute atomic E-state index is 5.71. The maximum Gasteiger partial charge on any atom is 0.257 e. The minimum absolute atomic E-state index is 0.583. The van der Waals surface area contributed by atoms with Gasteiger partial charge in [-0.2, -0.15) is 0 Å². The van der Waals surface area contributed by atoms with Crippen molar-refractivity contribution in [3.8, 4) is 10.8 Å². The van der Waals surface area contributed by atoms with Gasteiger partial charge in [0.2, 0.25) is 5.89 Å². The van der Waals surface area contributed by atoms with E-state index in [2.05, 4.69) is 50.1 Å². The third-order valence-corrected chi connectivity index (χ3v) is 4.90. The minimum atomic E-state index is 0.583. The lowest BCUT2D eigenvalue weighted by molar-refractivity contribution is 0.504. The molecule has 0 unspecified atom stereocenters. The summed E-state index contributed by atoms with van der Waals surface area (Å²) >= 11 is 5.11. The number of aromatic nitrogens is 2. The molecule has 4 nitrogen and oxygen atoms in total. The zero-order valence-corrected chi connectivity index (χ0v) is 14.1. The van der Waals surface area contributed by atoms with Crippen LogP contribution in [0.1, 0.15) is 11.5 Å². The lowest BCUT2D eigenvalue weighted by Gasteiger charge is -2.17. The van der Waals surface area contributed by atoms with Crippen LogP contribution in [0.4, 0.5) is 5.69 Å². The second-order valence-electron chi connectivity index (χ2n) is 4.77. The highest BCUT2D eigenvalue weighted by molar-refractivity contribution is 9.10. The smallest absolute Gasteiger partial charge is 0.257 e. The molecule has 2 aromatic heterocycles. The molecule has 0 saturated heterocycles. The second-order valence-corrected chi connectivity index (χ2v) is 6.57. The molecular weight excluding hydrogens is 350 g/mol. The van der Waals surface area contributed by atoms with Crippen LogP contribution in [0.15, 0.2) is 44.6 Å². The standard InChI is InChI=1S/C15H14BrN3OS/c1-10-8-11(5-6-12(10)16)19(2)9-14-17-18-15(20-14)13-4-3-7-21-13/h3-8H,9H2,1-2H3. The molecule has 0 aliphatic heterocycles. The molecule has 0 atom stereocenters. The fourth-order valence-corrected chi connectivity index (χ4v) is 2.87. The molecule has 0 amide bonds. The van der Waals surface area contributed by atoms with Crippen molar-refractivity contribution in [1.29, 1.82) is 0 Å². The van der Waals surface area contributed by atoms with Crippen molar-refractivity contribution >= 4 is 33.0 Å². The first-order chi connectivity index (χ1) is 10.1. The van der Waals surface area contributed by atoms with E-state index in [1.807, 2.05) is 30.6 Å². The number of thiophene rings is 1. The van der Waals surface area contributed by atoms with Crippen molar-refractivity contribution in [2.24, 2.45) is 0 Å². The van der Waals surface area contributed by atoms with E-state index in [4.69, 9.17) is 4.42 Å². The van der Waals surface area contributed by atoms with Gasteiger partial charge in [0.1, 0.15) is 0 Å². The summed E-state index contributed by atoms with van der Waals surface area (Å²) in [5.74, 6) is 1.20. The average Bonchev–Trinajstić information content (AvgIpc) is 3.12. The number of halogens is 1. The van der Waals surface area contributed by atoms with Crippen LogP contribution in [0, 0.1) is 6.92 Å². The Morgan fingerprint density at radius 1 is 1.29 bits per heavy atom. The van der Waals surface area contributed by atoms with Crippen LogP contribution in [0.3, 0.4) is 0 Å². The number of hydrogen-bond acceptors (Lipinski definition) is 5. The van der Waals surface area contributed by atoms with Crippen LogP contribution in [0.2, 0.25) is 0 Å². The summed E-state index contributed by atoms with van der Waals surface area (Å²) in [6, 6.07) is 10.2. The highest BCUT2D eigenvalue weighted by Crippen LogP contribution is 2.25. The van der Waals surface area contributed by atoms with Gasteiger partial charge in [0, 0.05) is 17.2 Å². The topological polar surface area (TPSA) is 42.2 Å². The Morgan fingerprint density at radius 3 is 2.86 bits per heavy atom. The third kappa shape index (κ3) is 3.16. The SMILES string of the molecule is Cc1cc(N(C)Cc2nnc(-c3cccs3)o2)ccc1Br. The fourth-order valence-electron chi connectivity index (χ4n) is 1.98. The molecule has 0 saturated carbocycles. The molecule has 0 N–H and O–H groups in total. The van der Waals surface area contributed by atoms with Crippen LogP contribution < -0.4 is 4.90 Å². The summed E-state index contributed by atoms with van der Waals surface area (Å²) in [6.45, 7) is 2.66. The predicted octanol–water partition coefficient (Wildman–Crippen LogP) is 4.51. The highest BCUT2D eigenvalue weighted by atomic mass is 79.9. The molecule has 108 valence electrons. The molecule has 0 aliphatic rings. The van der Waals surface area contributed by atoms with Gasteiger partial charge >= 0.3 is 0 Å². The summed E-state index contributed by atoms with van der Waals surface area (Å²) in [6.07, 6.45) is 0. The number of rotatable bonds is 4. The Morgan fingerprint density at radius 2 is 2.14 bits per heavy atom. The van der Waals surface area contributed by atoms with E-state index in [0.717, 1.165) is 15.0 Å². The van der Waals surface area contributed by atoms with Crippen molar-refractivity contribution < 1.29 is 4.42 Å². The summed E-state index contributed by atoms with van der Waals surface area (Å²) < 4.78 is 6.82. The van der Waals surface area contributed by atoms with Crippen molar-refractivity contribution in [2.75, 3.05) is 11.9 Å². The maximum atomic E-state index is 5.71. The molecule has 0 fully saturated rings. The minimum Gasteiger partial charge on any atom is -0.418 e. The first-order valence-electron chi connectivity index (χ1n) is 6.47. The first-order valence-corrected chi connectivity index (χ1v) is 8.14. The average molecular weight is 364 g/mol. The van der Waals surface area contributed by atoms with E-state index in [1.165, 1.54) is 5.56 Å². The van der Waals surface area contributed by atoms with Gasteiger partial charge in [-0.15, -0.1) is 21.5 Å². The van der Waals surface area contributed by atoms with Crippen LogP contribution in [-0.2, 0) is 6.54 Å². The lowest BCUT2D eigenvalue weighted by Crippen LogP contribution is -2.16. The fraction of sp³-hybridized carbons (Fsp3) is 0.200. The van der Waals surface area contributed by atoms with Gasteiger partial charge in [0.05, 0.1) is 11.4 Å². The molecule has 0 spiro atoms. The van der Waals surface area contributed by atoms with Crippen molar-refractivity contribution in [2.45, 2.75) is 13.5 Å². The van der Waals surface area contributed by atoms with Crippen LogP contribution in [0.25, 0.3) is 10.8 Å². The Hall–Kier alpha value is -1.66. The van der Waals surface area contributed by atoms with Gasteiger partial charge in [-0.3, -0.25) is 0 Å². The van der Waals surface area contributed by atoms with E-state index < -0.39 is 0 Å². The van der Waals surface area contributed by atoms with Gasteiger partial charge in [-0.25, -0.2) is 0 Å². The molecule has 3 rings (SSSR count). The van der Waals surface area contributed by atoms with Gasteiger partial charge < -0.3 is 9.32 Å². The molecule has 0 bridgehead atoms. The van der Waals surface area contributed by atoms with Crippen LogP contribution in [0.5, 0.6) is 0 Å². The molecule has 2 heterocycles. The number of hydrogen-bond donors (Lipinski definition) is 0. The molecule has 0 aliphatic carbocycles. The Balaban J connectivity index is 1.75. The molecule has 0 radical (unpaired) electrons. The zero-order chi connectivity index (χ0) is 14.8. The van der Waals surface area contributed by atoms with Gasteiger partial charge in [-0.1, -0.05) is 22.0 Å². The quantitative estimate of drug-likeness (QED) is 0.683. The van der Waals surface area contributed by atoms with Crippen molar-refractivity contribution in [1.82, 2.24) is 10.2 Å². The van der Waals surface area contributed by atoms with E-state index in [1.54, 1.807) is 11.3 Å². The summed E-state index contributed by atoms with van der Waals surface area (Å²) in [5.41, 5.74) is 2.32. The van der Waals surface area contributed by atoms with E-state index in [0.29, 0.717) is 18.3 Å². The predicted molar refractivity (Wildman–Crippen MR) is 88.6 cm³/mol. The van der Waals surface area contributed by atoms with Crippen molar-refractivity contribution in [3.63, 3.8) is 0 Å². The van der Waals surface area contributed by atoms with Crippen molar-refractivity contribution in [3.05, 3.63) is 51.6 Å². The highest BCUT2D eigenvalue weighted by Gasteiger charge is 2.12. The number of aryl methyl sites for hydroxylation is 1. The summed E-state index contributed by atoms with van der Waals surface area (Å²) in [7, 11) is 2.01. The molecule has 3 aromatic rings. The number of anilines is 1. The largest absolute Gasteiger partial charge is 0.418 e. The Kier molecular flexibility index (Phi) is 4.07. The number of benzene rings is 1. The van der Waals surface area contributed by atoms with Gasteiger partial charge in [0.25, 0.3) is 5.89 Å². The van der Waals surface area contributed by atoms with E-state index in [9.17, 15) is 0 Å². The van der Waals surface area contributed by atoms with Gasteiger partial charge in [0.15, 0.2) is 0 Å². The normalized spacial score (nSPS) is 10.8. The van der Waals surface area contributed by atoms with E-state index >= 15 is 0 Å². The molecule has 1 aromatic carbocycles. The lowest BCUT2D eigenvalue weighted by atomic mass is 10.2. The second kappa shape index (κ2) is 5.99.